The number of aromatic amines is 1. The van der Waals surface area contributed by atoms with Crippen LogP contribution in [0.2, 0.25) is 0 Å². The second kappa shape index (κ2) is 4.96. The molecule has 0 spiro atoms. The van der Waals surface area contributed by atoms with E-state index in [9.17, 15) is 0 Å². The smallest absolute Gasteiger partial charge is 0.195 e. The summed E-state index contributed by atoms with van der Waals surface area (Å²) in [5.41, 5.74) is 0. The van der Waals surface area contributed by atoms with E-state index in [1.54, 1.807) is 11.3 Å². The van der Waals surface area contributed by atoms with Crippen molar-refractivity contribution < 1.29 is 0 Å². The fourth-order valence-electron chi connectivity index (χ4n) is 1.30. The van der Waals surface area contributed by atoms with E-state index in [1.807, 2.05) is 23.2 Å². The summed E-state index contributed by atoms with van der Waals surface area (Å²) in [5, 5.41) is 9.15. The SMILES string of the molecule is CSCCn1c(-c2cccs2)n[nH]c1=S. The fraction of sp³-hybridized carbons (Fsp3) is 0.333. The highest BCUT2D eigenvalue weighted by Crippen LogP contribution is 2.22. The third-order valence-corrected chi connectivity index (χ3v) is 3.79. The molecule has 15 heavy (non-hydrogen) atoms. The van der Waals surface area contributed by atoms with Gasteiger partial charge in [0.25, 0.3) is 0 Å². The first-order valence-electron chi connectivity index (χ1n) is 4.51. The van der Waals surface area contributed by atoms with Gasteiger partial charge < -0.3 is 0 Å². The Morgan fingerprint density at radius 3 is 3.20 bits per heavy atom. The fourth-order valence-corrected chi connectivity index (χ4v) is 2.61. The summed E-state index contributed by atoms with van der Waals surface area (Å²) in [6.45, 7) is 0.906. The van der Waals surface area contributed by atoms with E-state index < -0.39 is 0 Å². The molecule has 2 heterocycles. The lowest BCUT2D eigenvalue weighted by atomic mass is 10.4. The van der Waals surface area contributed by atoms with Crippen LogP contribution in [0.4, 0.5) is 0 Å². The maximum absolute atomic E-state index is 5.20. The van der Waals surface area contributed by atoms with Crippen LogP contribution in [0.5, 0.6) is 0 Å². The number of thiophene rings is 1. The van der Waals surface area contributed by atoms with Crippen LogP contribution in [-0.4, -0.2) is 26.8 Å². The lowest BCUT2D eigenvalue weighted by Crippen LogP contribution is -2.02. The summed E-state index contributed by atoms with van der Waals surface area (Å²) in [5.74, 6) is 2.00. The van der Waals surface area contributed by atoms with Gasteiger partial charge in [-0.3, -0.25) is 9.67 Å². The molecule has 0 aromatic carbocycles. The molecule has 2 aromatic heterocycles. The number of nitrogens with zero attached hydrogens (tertiary/aromatic N) is 2. The molecule has 0 atom stereocenters. The van der Waals surface area contributed by atoms with Crippen molar-refractivity contribution in [2.75, 3.05) is 12.0 Å². The van der Waals surface area contributed by atoms with E-state index in [4.69, 9.17) is 12.2 Å². The van der Waals surface area contributed by atoms with Crippen LogP contribution in [-0.2, 0) is 6.54 Å². The normalized spacial score (nSPS) is 10.7. The number of aromatic nitrogens is 3. The largest absolute Gasteiger partial charge is 0.299 e. The summed E-state index contributed by atoms with van der Waals surface area (Å²) in [7, 11) is 0. The zero-order valence-electron chi connectivity index (χ0n) is 8.27. The van der Waals surface area contributed by atoms with Crippen LogP contribution in [0.15, 0.2) is 17.5 Å². The first-order valence-corrected chi connectivity index (χ1v) is 7.19. The number of thioether (sulfide) groups is 1. The zero-order chi connectivity index (χ0) is 10.7. The molecule has 0 fully saturated rings. The Morgan fingerprint density at radius 2 is 2.53 bits per heavy atom. The molecule has 80 valence electrons. The van der Waals surface area contributed by atoms with E-state index in [-0.39, 0.29) is 0 Å². The quantitative estimate of drug-likeness (QED) is 0.855. The molecule has 1 N–H and O–H groups in total. The van der Waals surface area contributed by atoms with Crippen LogP contribution >= 0.6 is 35.3 Å². The summed E-state index contributed by atoms with van der Waals surface area (Å²) < 4.78 is 2.75. The van der Waals surface area contributed by atoms with Crippen molar-refractivity contribution in [2.45, 2.75) is 6.54 Å². The molecule has 0 aliphatic heterocycles. The Kier molecular flexibility index (Phi) is 3.61. The Hall–Kier alpha value is -0.590. The van der Waals surface area contributed by atoms with E-state index in [1.165, 1.54) is 0 Å². The minimum atomic E-state index is 0.701. The molecule has 0 bridgehead atoms. The molecule has 0 unspecified atom stereocenters. The highest BCUT2D eigenvalue weighted by Gasteiger charge is 2.08. The number of nitrogens with one attached hydrogen (secondary N) is 1. The number of hydrogen-bond donors (Lipinski definition) is 1. The zero-order valence-corrected chi connectivity index (χ0v) is 10.7. The molecular weight excluding hydrogens is 246 g/mol. The molecule has 0 amide bonds. The average molecular weight is 257 g/mol. The Labute approximate surface area is 102 Å². The van der Waals surface area contributed by atoms with Gasteiger partial charge in [-0.05, 0) is 29.9 Å². The van der Waals surface area contributed by atoms with Crippen molar-refractivity contribution >= 4 is 35.3 Å². The minimum absolute atomic E-state index is 0.701. The second-order valence-corrected chi connectivity index (χ2v) is 5.29. The van der Waals surface area contributed by atoms with Crippen molar-refractivity contribution in [3.63, 3.8) is 0 Å². The molecule has 0 aliphatic carbocycles. The van der Waals surface area contributed by atoms with Gasteiger partial charge in [0.15, 0.2) is 10.6 Å². The van der Waals surface area contributed by atoms with Crippen LogP contribution in [0.3, 0.4) is 0 Å². The van der Waals surface area contributed by atoms with E-state index in [0.29, 0.717) is 4.77 Å². The summed E-state index contributed by atoms with van der Waals surface area (Å²) in [4.78, 5) is 1.16. The standard InChI is InChI=1S/C9H11N3S3/c1-14-6-4-12-8(10-11-9(12)13)7-3-2-5-15-7/h2-3,5H,4,6H2,1H3,(H,11,13). The average Bonchev–Trinajstić information content (AvgIpc) is 2.84. The molecule has 0 radical (unpaired) electrons. The predicted octanol–water partition coefficient (Wildman–Crippen LogP) is 3.03. The third-order valence-electron chi connectivity index (χ3n) is 2.02. The lowest BCUT2D eigenvalue weighted by molar-refractivity contribution is 0.766. The Balaban J connectivity index is 2.36. The molecule has 2 aromatic rings. The summed E-state index contributed by atoms with van der Waals surface area (Å²) in [6.07, 6.45) is 2.09. The van der Waals surface area contributed by atoms with Gasteiger partial charge >= 0.3 is 0 Å². The van der Waals surface area contributed by atoms with Crippen LogP contribution in [0.1, 0.15) is 0 Å². The van der Waals surface area contributed by atoms with E-state index in [2.05, 4.69) is 27.1 Å². The van der Waals surface area contributed by atoms with Gasteiger partial charge in [-0.2, -0.15) is 16.9 Å². The monoisotopic (exact) mass is 257 g/mol. The number of hydrogen-bond acceptors (Lipinski definition) is 4. The highest BCUT2D eigenvalue weighted by atomic mass is 32.2. The van der Waals surface area contributed by atoms with E-state index >= 15 is 0 Å². The van der Waals surface area contributed by atoms with Gasteiger partial charge in [-0.25, -0.2) is 0 Å². The van der Waals surface area contributed by atoms with Crippen LogP contribution in [0.25, 0.3) is 10.7 Å². The van der Waals surface area contributed by atoms with Crippen molar-refractivity contribution in [1.82, 2.24) is 14.8 Å². The van der Waals surface area contributed by atoms with Gasteiger partial charge in [0.1, 0.15) is 0 Å². The first kappa shape index (κ1) is 10.9. The Morgan fingerprint density at radius 1 is 1.67 bits per heavy atom. The maximum Gasteiger partial charge on any atom is 0.195 e. The van der Waals surface area contributed by atoms with Gasteiger partial charge in [-0.15, -0.1) is 11.3 Å². The van der Waals surface area contributed by atoms with Gasteiger partial charge in [-0.1, -0.05) is 6.07 Å². The second-order valence-electron chi connectivity index (χ2n) is 2.97. The van der Waals surface area contributed by atoms with Gasteiger partial charge in [0.05, 0.1) is 4.88 Å². The van der Waals surface area contributed by atoms with Crippen molar-refractivity contribution in [3.8, 4) is 10.7 Å². The third kappa shape index (κ3) is 2.32. The summed E-state index contributed by atoms with van der Waals surface area (Å²) >= 11 is 8.69. The molecule has 3 nitrogen and oxygen atoms in total. The first-order chi connectivity index (χ1) is 7.33. The number of rotatable bonds is 4. The minimum Gasteiger partial charge on any atom is -0.299 e. The van der Waals surface area contributed by atoms with Crippen molar-refractivity contribution in [2.24, 2.45) is 0 Å². The molecule has 6 heteroatoms. The molecule has 0 saturated heterocycles. The van der Waals surface area contributed by atoms with Crippen molar-refractivity contribution in [3.05, 3.63) is 22.3 Å². The van der Waals surface area contributed by atoms with Crippen LogP contribution < -0.4 is 0 Å². The lowest BCUT2D eigenvalue weighted by Gasteiger charge is -2.03. The van der Waals surface area contributed by atoms with Crippen molar-refractivity contribution in [1.29, 1.82) is 0 Å². The van der Waals surface area contributed by atoms with Gasteiger partial charge in [0.2, 0.25) is 0 Å². The molecule has 2 rings (SSSR count). The van der Waals surface area contributed by atoms with E-state index in [0.717, 1.165) is 23.0 Å². The topological polar surface area (TPSA) is 33.6 Å². The maximum atomic E-state index is 5.20. The van der Waals surface area contributed by atoms with Gasteiger partial charge in [0, 0.05) is 12.3 Å². The molecule has 0 saturated carbocycles. The highest BCUT2D eigenvalue weighted by molar-refractivity contribution is 7.98. The predicted molar refractivity (Wildman–Crippen MR) is 69.1 cm³/mol. The summed E-state index contributed by atoms with van der Waals surface area (Å²) in [6, 6.07) is 4.09. The molecular formula is C9H11N3S3. The Bertz CT molecular complexity index is 469. The number of H-pyrrole nitrogens is 1. The van der Waals surface area contributed by atoms with Crippen LogP contribution in [0, 0.1) is 4.77 Å². The molecule has 0 aliphatic rings.